The summed E-state index contributed by atoms with van der Waals surface area (Å²) in [7, 11) is 1.59. The lowest BCUT2D eigenvalue weighted by Gasteiger charge is -2.34. The van der Waals surface area contributed by atoms with E-state index >= 15 is 0 Å². The highest BCUT2D eigenvalue weighted by molar-refractivity contribution is 6.32. The van der Waals surface area contributed by atoms with Gasteiger partial charge in [-0.1, -0.05) is 41.9 Å². The van der Waals surface area contributed by atoms with Crippen molar-refractivity contribution >= 4 is 29.0 Å². The van der Waals surface area contributed by atoms with Crippen LogP contribution >= 0.6 is 11.6 Å². The van der Waals surface area contributed by atoms with Crippen LogP contribution in [0, 0.1) is 0 Å². The maximum atomic E-state index is 12.2. The monoisotopic (exact) mass is 562 g/mol. The van der Waals surface area contributed by atoms with Crippen molar-refractivity contribution < 1.29 is 19.0 Å². The van der Waals surface area contributed by atoms with Crippen molar-refractivity contribution in [3.63, 3.8) is 0 Å². The highest BCUT2D eigenvalue weighted by atomic mass is 35.5. The van der Waals surface area contributed by atoms with Crippen LogP contribution in [-0.2, 0) is 11.3 Å². The van der Waals surface area contributed by atoms with E-state index in [-0.39, 0.29) is 12.1 Å². The number of nitrogens with zero attached hydrogens (tertiary/aromatic N) is 3. The summed E-state index contributed by atoms with van der Waals surface area (Å²) < 4.78 is 19.1. The summed E-state index contributed by atoms with van der Waals surface area (Å²) in [6.07, 6.45) is 5.32. The third-order valence-electron chi connectivity index (χ3n) is 6.79. The van der Waals surface area contributed by atoms with E-state index in [1.54, 1.807) is 7.11 Å². The third-order valence-corrected chi connectivity index (χ3v) is 7.09. The molecule has 2 aromatic heterocycles. The number of fused-ring (bicyclic) bond motifs is 1. The summed E-state index contributed by atoms with van der Waals surface area (Å²) in [5.41, 5.74) is 4.02. The van der Waals surface area contributed by atoms with Gasteiger partial charge < -0.3 is 28.8 Å². The molecule has 1 amide bonds. The van der Waals surface area contributed by atoms with Crippen LogP contribution in [0.2, 0.25) is 5.02 Å². The van der Waals surface area contributed by atoms with E-state index in [1.807, 2.05) is 80.0 Å². The lowest BCUT2D eigenvalue weighted by Crippen LogP contribution is -2.46. The van der Waals surface area contributed by atoms with Crippen molar-refractivity contribution in [3.8, 4) is 22.8 Å². The molecule has 40 heavy (non-hydrogen) atoms. The van der Waals surface area contributed by atoms with E-state index in [1.165, 1.54) is 0 Å². The Hall–Kier alpha value is -3.91. The number of anilines is 1. The maximum Gasteiger partial charge on any atom is 0.407 e. The number of alkyl carbamates (subject to hydrolysis) is 1. The number of halogens is 1. The molecule has 4 aromatic rings. The van der Waals surface area contributed by atoms with Crippen LogP contribution in [0.5, 0.6) is 11.5 Å². The van der Waals surface area contributed by atoms with Crippen LogP contribution in [0.15, 0.2) is 67.0 Å². The molecule has 8 nitrogen and oxygen atoms in total. The summed E-state index contributed by atoms with van der Waals surface area (Å²) >= 11 is 6.51. The lowest BCUT2D eigenvalue weighted by atomic mass is 10.0. The molecule has 0 spiro atoms. The van der Waals surface area contributed by atoms with Gasteiger partial charge in [-0.3, -0.25) is 0 Å². The number of hydrogen-bond donors (Lipinski definition) is 1. The first-order valence-corrected chi connectivity index (χ1v) is 13.8. The van der Waals surface area contributed by atoms with E-state index in [0.717, 1.165) is 54.1 Å². The van der Waals surface area contributed by atoms with E-state index in [2.05, 4.69) is 22.3 Å². The Kier molecular flexibility index (Phi) is 8.07. The molecule has 2 aromatic carbocycles. The number of imidazole rings is 1. The van der Waals surface area contributed by atoms with Gasteiger partial charge in [-0.05, 0) is 51.3 Å². The molecule has 1 saturated heterocycles. The molecular formula is C31H35ClN4O4. The van der Waals surface area contributed by atoms with E-state index < -0.39 is 5.60 Å². The second-order valence-corrected chi connectivity index (χ2v) is 11.3. The molecule has 3 heterocycles. The third kappa shape index (κ3) is 6.62. The second-order valence-electron chi connectivity index (χ2n) is 10.9. The van der Waals surface area contributed by atoms with Gasteiger partial charge in [-0.25, -0.2) is 9.78 Å². The Morgan fingerprint density at radius 2 is 1.82 bits per heavy atom. The Labute approximate surface area is 239 Å². The first kappa shape index (κ1) is 27.6. The fourth-order valence-electron chi connectivity index (χ4n) is 4.80. The molecule has 5 rings (SSSR count). The first-order valence-electron chi connectivity index (χ1n) is 13.5. The number of pyridine rings is 1. The molecule has 1 aliphatic heterocycles. The Balaban J connectivity index is 1.32. The van der Waals surface area contributed by atoms with Crippen LogP contribution < -0.4 is 19.7 Å². The van der Waals surface area contributed by atoms with E-state index in [0.29, 0.717) is 23.1 Å². The quantitative estimate of drug-likeness (QED) is 0.269. The fourth-order valence-corrected chi connectivity index (χ4v) is 5.04. The Bertz CT molecular complexity index is 1470. The molecule has 0 atom stereocenters. The predicted molar refractivity (Wildman–Crippen MR) is 158 cm³/mol. The van der Waals surface area contributed by atoms with Gasteiger partial charge in [0.05, 0.1) is 17.8 Å². The number of amides is 1. The fraction of sp³-hybridized carbons (Fsp3) is 0.355. The molecular weight excluding hydrogens is 528 g/mol. The number of aromatic nitrogens is 2. The number of rotatable bonds is 7. The highest BCUT2D eigenvalue weighted by Crippen LogP contribution is 2.39. The molecule has 1 N–H and O–H groups in total. The number of methoxy groups -OCH3 is 1. The number of ether oxygens (including phenoxy) is 3. The number of carbonyl (C=O) groups excluding carboxylic acids is 1. The van der Waals surface area contributed by atoms with Crippen LogP contribution in [-0.4, -0.2) is 47.3 Å². The zero-order valence-electron chi connectivity index (χ0n) is 23.3. The Morgan fingerprint density at radius 1 is 1.07 bits per heavy atom. The van der Waals surface area contributed by atoms with Gasteiger partial charge in [-0.2, -0.15) is 0 Å². The molecule has 0 unspecified atom stereocenters. The maximum absolute atomic E-state index is 12.2. The summed E-state index contributed by atoms with van der Waals surface area (Å²) in [5.74, 6) is 1.19. The smallest absolute Gasteiger partial charge is 0.407 e. The van der Waals surface area contributed by atoms with Crippen molar-refractivity contribution in [1.29, 1.82) is 0 Å². The number of hydrogen-bond acceptors (Lipinski definition) is 6. The van der Waals surface area contributed by atoms with Crippen LogP contribution in [0.25, 0.3) is 16.9 Å². The van der Waals surface area contributed by atoms with Crippen molar-refractivity contribution in [2.75, 3.05) is 25.1 Å². The largest absolute Gasteiger partial charge is 0.495 e. The molecule has 1 fully saturated rings. The van der Waals surface area contributed by atoms with Gasteiger partial charge in [0.15, 0.2) is 0 Å². The van der Waals surface area contributed by atoms with Gasteiger partial charge in [0.1, 0.15) is 29.4 Å². The number of benzene rings is 2. The molecule has 0 aliphatic carbocycles. The SMILES string of the molecule is COc1cc(OCc2ccccc2)c(-c2cn3ccc(N4CCC(NC(=O)OC(C)(C)C)CC4)cc3n2)cc1Cl. The summed E-state index contributed by atoms with van der Waals surface area (Å²) in [6, 6.07) is 17.9. The average Bonchev–Trinajstić information content (AvgIpc) is 3.35. The topological polar surface area (TPSA) is 77.3 Å². The van der Waals surface area contributed by atoms with Gasteiger partial charge in [0.25, 0.3) is 0 Å². The van der Waals surface area contributed by atoms with Crippen molar-refractivity contribution in [3.05, 3.63) is 77.6 Å². The van der Waals surface area contributed by atoms with Crippen molar-refractivity contribution in [2.24, 2.45) is 0 Å². The van der Waals surface area contributed by atoms with Crippen LogP contribution in [0.4, 0.5) is 10.5 Å². The minimum absolute atomic E-state index is 0.0991. The summed E-state index contributed by atoms with van der Waals surface area (Å²) in [6.45, 7) is 7.68. The number of nitrogens with one attached hydrogen (secondary N) is 1. The zero-order chi connectivity index (χ0) is 28.3. The minimum Gasteiger partial charge on any atom is -0.495 e. The van der Waals surface area contributed by atoms with Gasteiger partial charge in [0.2, 0.25) is 0 Å². The average molecular weight is 563 g/mol. The zero-order valence-corrected chi connectivity index (χ0v) is 24.1. The lowest BCUT2D eigenvalue weighted by molar-refractivity contribution is 0.0497. The van der Waals surface area contributed by atoms with Gasteiger partial charge >= 0.3 is 6.09 Å². The van der Waals surface area contributed by atoms with Crippen molar-refractivity contribution in [1.82, 2.24) is 14.7 Å². The number of carbonyl (C=O) groups is 1. The summed E-state index contributed by atoms with van der Waals surface area (Å²) in [4.78, 5) is 19.4. The van der Waals surface area contributed by atoms with Crippen LogP contribution in [0.3, 0.4) is 0 Å². The highest BCUT2D eigenvalue weighted by Gasteiger charge is 2.24. The normalized spacial score (nSPS) is 14.3. The van der Waals surface area contributed by atoms with E-state index in [9.17, 15) is 4.79 Å². The van der Waals surface area contributed by atoms with Crippen molar-refractivity contribution in [2.45, 2.75) is 51.9 Å². The van der Waals surface area contributed by atoms with Gasteiger partial charge in [0, 0.05) is 54.9 Å². The minimum atomic E-state index is -0.505. The summed E-state index contributed by atoms with van der Waals surface area (Å²) in [5, 5.41) is 3.49. The molecule has 0 radical (unpaired) electrons. The molecule has 0 saturated carbocycles. The number of piperidine rings is 1. The molecule has 0 bridgehead atoms. The van der Waals surface area contributed by atoms with Crippen LogP contribution in [0.1, 0.15) is 39.2 Å². The standard InChI is InChI=1S/C31H35ClN4O4/c1-31(2,3)40-30(37)33-22-10-13-35(14-11-22)23-12-15-36-19-26(34-29(36)16-23)24-17-25(32)28(38-4)18-27(24)39-20-21-8-6-5-7-9-21/h5-9,12,15-19,22H,10-11,13-14,20H2,1-4H3,(H,33,37). The second kappa shape index (κ2) is 11.7. The molecule has 210 valence electrons. The van der Waals surface area contributed by atoms with Gasteiger partial charge in [-0.15, -0.1) is 0 Å². The molecule has 1 aliphatic rings. The first-order chi connectivity index (χ1) is 19.2. The van der Waals surface area contributed by atoms with E-state index in [4.69, 9.17) is 30.8 Å². The molecule has 9 heteroatoms. The predicted octanol–water partition coefficient (Wildman–Crippen LogP) is 6.74. The Morgan fingerprint density at radius 3 is 2.52 bits per heavy atom.